The summed E-state index contributed by atoms with van der Waals surface area (Å²) in [6.07, 6.45) is 2.33. The molecule has 2 aliphatic heterocycles. The molecule has 0 bridgehead atoms. The first kappa shape index (κ1) is 25.5. The van der Waals surface area contributed by atoms with Gasteiger partial charge in [0.25, 0.3) is 11.7 Å². The van der Waals surface area contributed by atoms with E-state index in [4.69, 9.17) is 14.2 Å². The molecule has 2 aromatic rings. The third kappa shape index (κ3) is 5.45. The van der Waals surface area contributed by atoms with Gasteiger partial charge in [-0.1, -0.05) is 30.9 Å². The molecule has 2 fully saturated rings. The fourth-order valence-electron chi connectivity index (χ4n) is 4.64. The van der Waals surface area contributed by atoms with Crippen molar-refractivity contribution < 1.29 is 28.9 Å². The molecule has 2 aromatic carbocycles. The van der Waals surface area contributed by atoms with Crippen LogP contribution in [0.5, 0.6) is 11.5 Å². The maximum absolute atomic E-state index is 13.3. The number of likely N-dealkylation sites (tertiary alicyclic amines) is 1. The number of Topliss-reactive ketones (excluding diaryl/α,β-unsaturated/α-hetero) is 1. The minimum absolute atomic E-state index is 0.0515. The molecule has 8 heteroatoms. The topological polar surface area (TPSA) is 88.5 Å². The number of methoxy groups -OCH3 is 1. The molecule has 1 N–H and O–H groups in total. The van der Waals surface area contributed by atoms with Crippen LogP contribution >= 0.6 is 0 Å². The van der Waals surface area contributed by atoms with E-state index >= 15 is 0 Å². The van der Waals surface area contributed by atoms with Crippen LogP contribution in [0.2, 0.25) is 0 Å². The van der Waals surface area contributed by atoms with E-state index in [0.29, 0.717) is 55.4 Å². The minimum atomic E-state index is -0.762. The summed E-state index contributed by atoms with van der Waals surface area (Å²) in [6, 6.07) is 13.2. The molecule has 0 radical (unpaired) electrons. The molecule has 36 heavy (non-hydrogen) atoms. The number of carbonyl (C=O) groups is 2. The molecular formula is C28H32N2O6. The van der Waals surface area contributed by atoms with E-state index in [2.05, 4.69) is 11.5 Å². The highest BCUT2D eigenvalue weighted by Crippen LogP contribution is 2.42. The number of aliphatic hydroxyl groups is 1. The van der Waals surface area contributed by atoms with Crippen LogP contribution in [0.25, 0.3) is 5.76 Å². The number of nitrogens with zero attached hydrogens (tertiary/aromatic N) is 2. The molecule has 4 rings (SSSR count). The third-order valence-corrected chi connectivity index (χ3v) is 6.45. The summed E-state index contributed by atoms with van der Waals surface area (Å²) in [5.74, 6) is -0.407. The fraction of sp³-hybridized carbons (Fsp3) is 0.357. The van der Waals surface area contributed by atoms with Crippen molar-refractivity contribution in [3.05, 3.63) is 77.9 Å². The van der Waals surface area contributed by atoms with Gasteiger partial charge in [-0.3, -0.25) is 14.5 Å². The molecule has 2 saturated heterocycles. The van der Waals surface area contributed by atoms with Crippen molar-refractivity contribution in [1.82, 2.24) is 9.80 Å². The van der Waals surface area contributed by atoms with Gasteiger partial charge in [-0.05, 0) is 36.8 Å². The quantitative estimate of drug-likeness (QED) is 0.235. The Labute approximate surface area is 211 Å². The molecule has 0 unspecified atom stereocenters. The molecule has 190 valence electrons. The average molecular weight is 493 g/mol. The van der Waals surface area contributed by atoms with Crippen molar-refractivity contribution in [3.8, 4) is 11.5 Å². The molecular weight excluding hydrogens is 460 g/mol. The minimum Gasteiger partial charge on any atom is -0.507 e. The average Bonchev–Trinajstić information content (AvgIpc) is 3.17. The second-order valence-corrected chi connectivity index (χ2v) is 8.67. The molecule has 2 aliphatic rings. The summed E-state index contributed by atoms with van der Waals surface area (Å²) < 4.78 is 16.5. The zero-order valence-corrected chi connectivity index (χ0v) is 20.5. The first-order valence-electron chi connectivity index (χ1n) is 12.1. The SMILES string of the molecule is C=CCOc1ccc(C(O)=C2C(=O)C(=O)N(CCCN3CCOCC3)[C@@H]2c2ccccc2OC)cc1. The van der Waals surface area contributed by atoms with Gasteiger partial charge in [-0.15, -0.1) is 0 Å². The summed E-state index contributed by atoms with van der Waals surface area (Å²) in [5, 5.41) is 11.3. The summed E-state index contributed by atoms with van der Waals surface area (Å²) >= 11 is 0. The number of aliphatic hydroxyl groups excluding tert-OH is 1. The van der Waals surface area contributed by atoms with Gasteiger partial charge in [0.05, 0.1) is 31.9 Å². The Balaban J connectivity index is 1.67. The third-order valence-electron chi connectivity index (χ3n) is 6.45. The summed E-state index contributed by atoms with van der Waals surface area (Å²) in [5.41, 5.74) is 1.13. The number of para-hydroxylation sites is 1. The van der Waals surface area contributed by atoms with Gasteiger partial charge in [-0.2, -0.15) is 0 Å². The van der Waals surface area contributed by atoms with Crippen LogP contribution in [0.4, 0.5) is 0 Å². The van der Waals surface area contributed by atoms with Crippen molar-refractivity contribution in [2.24, 2.45) is 0 Å². The van der Waals surface area contributed by atoms with Crippen molar-refractivity contribution in [3.63, 3.8) is 0 Å². The molecule has 0 saturated carbocycles. The highest BCUT2D eigenvalue weighted by atomic mass is 16.5. The summed E-state index contributed by atoms with van der Waals surface area (Å²) in [7, 11) is 1.55. The lowest BCUT2D eigenvalue weighted by atomic mass is 9.94. The lowest BCUT2D eigenvalue weighted by Crippen LogP contribution is -2.39. The lowest BCUT2D eigenvalue weighted by molar-refractivity contribution is -0.140. The van der Waals surface area contributed by atoms with Crippen molar-refractivity contribution >= 4 is 17.4 Å². The molecule has 1 atom stereocenters. The Morgan fingerprint density at radius 1 is 1.11 bits per heavy atom. The molecule has 0 spiro atoms. The second kappa shape index (κ2) is 11.9. The normalized spacial score (nSPS) is 19.9. The predicted molar refractivity (Wildman–Crippen MR) is 136 cm³/mol. The maximum Gasteiger partial charge on any atom is 0.295 e. The van der Waals surface area contributed by atoms with Crippen molar-refractivity contribution in [1.29, 1.82) is 0 Å². The first-order chi connectivity index (χ1) is 17.5. The number of hydrogen-bond acceptors (Lipinski definition) is 7. The van der Waals surface area contributed by atoms with E-state index in [9.17, 15) is 14.7 Å². The summed E-state index contributed by atoms with van der Waals surface area (Å²) in [6.45, 7) is 8.24. The van der Waals surface area contributed by atoms with Crippen LogP contribution in [0, 0.1) is 0 Å². The Morgan fingerprint density at radius 3 is 2.53 bits per heavy atom. The number of amides is 1. The van der Waals surface area contributed by atoms with E-state index in [-0.39, 0.29) is 11.3 Å². The van der Waals surface area contributed by atoms with Gasteiger partial charge in [0.2, 0.25) is 0 Å². The number of morpholine rings is 1. The van der Waals surface area contributed by atoms with Crippen LogP contribution < -0.4 is 9.47 Å². The number of benzene rings is 2. The van der Waals surface area contributed by atoms with E-state index in [1.165, 1.54) is 0 Å². The van der Waals surface area contributed by atoms with E-state index < -0.39 is 17.7 Å². The van der Waals surface area contributed by atoms with Crippen LogP contribution in [0.3, 0.4) is 0 Å². The number of hydrogen-bond donors (Lipinski definition) is 1. The summed E-state index contributed by atoms with van der Waals surface area (Å²) in [4.78, 5) is 30.3. The molecule has 1 amide bonds. The van der Waals surface area contributed by atoms with Gasteiger partial charge in [0.15, 0.2) is 0 Å². The zero-order chi connectivity index (χ0) is 25.5. The standard InChI is InChI=1S/C28H32N2O6/c1-3-17-36-21-11-9-20(10-12-21)26(31)24-25(22-7-4-5-8-23(22)34-2)30(28(33)27(24)32)14-6-13-29-15-18-35-19-16-29/h3-5,7-12,25,31H,1,6,13-19H2,2H3/t25-/m1/s1. The molecule has 0 aromatic heterocycles. The Morgan fingerprint density at radius 2 is 1.83 bits per heavy atom. The highest BCUT2D eigenvalue weighted by molar-refractivity contribution is 6.46. The number of ketones is 1. The van der Waals surface area contributed by atoms with Gasteiger partial charge in [-0.25, -0.2) is 0 Å². The van der Waals surface area contributed by atoms with E-state index in [1.54, 1.807) is 48.4 Å². The monoisotopic (exact) mass is 492 g/mol. The van der Waals surface area contributed by atoms with E-state index in [0.717, 1.165) is 19.6 Å². The predicted octanol–water partition coefficient (Wildman–Crippen LogP) is 3.40. The second-order valence-electron chi connectivity index (χ2n) is 8.67. The van der Waals surface area contributed by atoms with Crippen molar-refractivity contribution in [2.45, 2.75) is 12.5 Å². The maximum atomic E-state index is 13.3. The van der Waals surface area contributed by atoms with Gasteiger partial charge >= 0.3 is 0 Å². The number of rotatable bonds is 10. The van der Waals surface area contributed by atoms with Crippen molar-refractivity contribution in [2.75, 3.05) is 53.1 Å². The van der Waals surface area contributed by atoms with Gasteiger partial charge in [0, 0.05) is 37.3 Å². The Hall–Kier alpha value is -3.62. The Kier molecular flexibility index (Phi) is 8.40. The van der Waals surface area contributed by atoms with Crippen LogP contribution in [-0.4, -0.2) is 79.7 Å². The van der Waals surface area contributed by atoms with E-state index in [1.807, 2.05) is 18.2 Å². The first-order valence-corrected chi connectivity index (χ1v) is 12.1. The van der Waals surface area contributed by atoms with Crippen LogP contribution in [0.1, 0.15) is 23.6 Å². The van der Waals surface area contributed by atoms with Gasteiger partial charge in [0.1, 0.15) is 23.9 Å². The molecule has 2 heterocycles. The Bertz CT molecular complexity index is 1120. The molecule has 0 aliphatic carbocycles. The smallest absolute Gasteiger partial charge is 0.295 e. The fourth-order valence-corrected chi connectivity index (χ4v) is 4.64. The largest absolute Gasteiger partial charge is 0.507 e. The van der Waals surface area contributed by atoms with Crippen LogP contribution in [0.15, 0.2) is 66.8 Å². The lowest BCUT2D eigenvalue weighted by Gasteiger charge is -2.29. The van der Waals surface area contributed by atoms with Gasteiger partial charge < -0.3 is 24.2 Å². The zero-order valence-electron chi connectivity index (χ0n) is 20.5. The number of carbonyl (C=O) groups excluding carboxylic acids is 2. The number of ether oxygens (including phenoxy) is 3. The highest BCUT2D eigenvalue weighted by Gasteiger charge is 2.46. The molecule has 8 nitrogen and oxygen atoms in total. The van der Waals surface area contributed by atoms with Crippen LogP contribution in [-0.2, 0) is 14.3 Å².